The minimum Gasteiger partial charge on any atom is -0.382 e. The third kappa shape index (κ3) is 1.07. The fourth-order valence-electron chi connectivity index (χ4n) is 6.17. The van der Waals surface area contributed by atoms with Crippen molar-refractivity contribution in [3.63, 3.8) is 0 Å². The highest BCUT2D eigenvalue weighted by Gasteiger charge is 2.91. The fourth-order valence-corrected chi connectivity index (χ4v) is 9.16. The molecule has 4 fully saturated rings. The van der Waals surface area contributed by atoms with Crippen molar-refractivity contribution in [3.05, 3.63) is 0 Å². The highest BCUT2D eigenvalue weighted by molar-refractivity contribution is 8.06. The van der Waals surface area contributed by atoms with Gasteiger partial charge in [-0.25, -0.2) is 0 Å². The number of fused-ring (bicyclic) bond motifs is 2. The summed E-state index contributed by atoms with van der Waals surface area (Å²) in [6, 6.07) is 0. The number of hydrogen-bond acceptors (Lipinski definition) is 3. The lowest BCUT2D eigenvalue weighted by atomic mass is 9.49. The summed E-state index contributed by atoms with van der Waals surface area (Å²) in [6.07, 6.45) is 4.06. The molecule has 1 saturated heterocycles. The molecule has 0 aromatic rings. The molecule has 3 aliphatic carbocycles. The van der Waals surface area contributed by atoms with Crippen molar-refractivity contribution in [2.45, 2.75) is 69.4 Å². The predicted octanol–water partition coefficient (Wildman–Crippen LogP) is 3.09. The van der Waals surface area contributed by atoms with Crippen molar-refractivity contribution >= 4 is 16.4 Å². The first-order valence-electron chi connectivity index (χ1n) is 7.34. The van der Waals surface area contributed by atoms with Crippen LogP contribution >= 0.6 is 16.4 Å². The number of ether oxygens (including phenoxy) is 1. The monoisotopic (exact) mass is 301 g/mol. The maximum atomic E-state index is 12.4. The summed E-state index contributed by atoms with van der Waals surface area (Å²) in [5.41, 5.74) is -1.29. The molecule has 0 amide bonds. The van der Waals surface area contributed by atoms with Gasteiger partial charge in [-0.3, -0.25) is 0 Å². The molecule has 1 heterocycles. The van der Waals surface area contributed by atoms with Crippen LogP contribution in [0.2, 0.25) is 0 Å². The molecule has 4 rings (SSSR count). The van der Waals surface area contributed by atoms with Crippen molar-refractivity contribution in [3.8, 4) is 0 Å². The van der Waals surface area contributed by atoms with Crippen molar-refractivity contribution in [1.29, 1.82) is 0 Å². The van der Waals surface area contributed by atoms with Gasteiger partial charge in [0.25, 0.3) is 0 Å². The molecule has 8 atom stereocenters. The topological polar surface area (TPSA) is 49.8 Å². The van der Waals surface area contributed by atoms with E-state index in [4.69, 9.17) is 4.74 Å². The van der Waals surface area contributed by atoms with E-state index in [0.717, 1.165) is 25.7 Å². The van der Waals surface area contributed by atoms with Crippen LogP contribution in [0.15, 0.2) is 0 Å². The van der Waals surface area contributed by atoms with Gasteiger partial charge in [-0.2, -0.15) is 0 Å². The maximum Gasteiger partial charge on any atom is 0.355 e. The third-order valence-electron chi connectivity index (χ3n) is 7.42. The van der Waals surface area contributed by atoms with E-state index in [0.29, 0.717) is 5.92 Å². The molecule has 106 valence electrons. The second kappa shape index (κ2) is 3.27. The van der Waals surface area contributed by atoms with Crippen LogP contribution in [-0.2, 0) is 9.30 Å². The molecular formula is C14H23O3P2+. The molecule has 2 bridgehead atoms. The van der Waals surface area contributed by atoms with Crippen molar-refractivity contribution < 1.29 is 14.4 Å². The maximum absolute atomic E-state index is 12.4. The zero-order chi connectivity index (χ0) is 13.8. The molecule has 4 unspecified atom stereocenters. The second-order valence-corrected chi connectivity index (χ2v) is 10.6. The lowest BCUT2D eigenvalue weighted by Gasteiger charge is -2.56. The SMILES string of the molecule is CC1(C)C2CCC1(C)[C@@]13O[C@H]1CC[C@@]3(O)[C@@H]2[P+](=O)P. The summed E-state index contributed by atoms with van der Waals surface area (Å²) in [6.45, 7) is 6.90. The molecule has 1 spiro atoms. The Balaban J connectivity index is 1.97. The van der Waals surface area contributed by atoms with Crippen LogP contribution in [0.1, 0.15) is 46.5 Å². The molecule has 4 aliphatic rings. The standard InChI is InChI=1S/C14H23O3P2/c1-11(2)8-4-6-12(11,3)14-9(17-14)5-7-13(14,15)10(8)19(16)18/h8-10,15H,4-7,18H2,1-3H3/q+1/t8?,9-,10+,12?,13+,14-/m0/s1. The number of hydrogen-bond donors (Lipinski definition) is 1. The minimum atomic E-state index is -1.47. The highest BCUT2D eigenvalue weighted by atomic mass is 32.0. The zero-order valence-corrected chi connectivity index (χ0v) is 13.9. The largest absolute Gasteiger partial charge is 0.382 e. The van der Waals surface area contributed by atoms with Crippen molar-refractivity contribution in [2.24, 2.45) is 16.7 Å². The van der Waals surface area contributed by atoms with Gasteiger partial charge < -0.3 is 9.84 Å². The van der Waals surface area contributed by atoms with E-state index < -0.39 is 18.7 Å². The predicted molar refractivity (Wildman–Crippen MR) is 77.5 cm³/mol. The van der Waals surface area contributed by atoms with Gasteiger partial charge in [0.15, 0.2) is 5.66 Å². The Morgan fingerprint density at radius 1 is 1.26 bits per heavy atom. The molecule has 3 saturated carbocycles. The quantitative estimate of drug-likeness (QED) is 0.598. The van der Waals surface area contributed by atoms with Crippen LogP contribution < -0.4 is 0 Å². The van der Waals surface area contributed by atoms with Crippen LogP contribution in [-0.4, -0.2) is 28.1 Å². The Labute approximate surface area is 117 Å². The summed E-state index contributed by atoms with van der Waals surface area (Å²) in [4.78, 5) is 0. The van der Waals surface area contributed by atoms with E-state index in [9.17, 15) is 9.67 Å². The van der Waals surface area contributed by atoms with Crippen LogP contribution in [0.3, 0.4) is 0 Å². The summed E-state index contributed by atoms with van der Waals surface area (Å²) >= 11 is 0. The van der Waals surface area contributed by atoms with Gasteiger partial charge in [-0.1, -0.05) is 25.3 Å². The lowest BCUT2D eigenvalue weighted by Crippen LogP contribution is -2.68. The van der Waals surface area contributed by atoms with Gasteiger partial charge in [0, 0.05) is 11.3 Å². The number of epoxide rings is 1. The first-order chi connectivity index (χ1) is 8.72. The molecule has 3 nitrogen and oxygen atoms in total. The summed E-state index contributed by atoms with van der Waals surface area (Å²) in [7, 11) is 1.01. The van der Waals surface area contributed by atoms with Crippen LogP contribution in [0, 0.1) is 16.7 Å². The van der Waals surface area contributed by atoms with Gasteiger partial charge in [0.2, 0.25) is 0 Å². The Hall–Kier alpha value is 0.450. The Morgan fingerprint density at radius 3 is 2.53 bits per heavy atom. The van der Waals surface area contributed by atoms with Gasteiger partial charge >= 0.3 is 7.49 Å². The molecule has 1 aliphatic heterocycles. The molecule has 0 aromatic heterocycles. The summed E-state index contributed by atoms with van der Waals surface area (Å²) in [5.74, 6) is 0.345. The molecule has 1 N–H and O–H groups in total. The van der Waals surface area contributed by atoms with Gasteiger partial charge in [-0.05, 0) is 31.1 Å². The first kappa shape index (κ1) is 13.1. The molecule has 0 radical (unpaired) electrons. The summed E-state index contributed by atoms with van der Waals surface area (Å²) in [5, 5.41) is 11.4. The average Bonchev–Trinajstić information content (AvgIpc) is 2.94. The van der Waals surface area contributed by atoms with E-state index >= 15 is 0 Å². The van der Waals surface area contributed by atoms with E-state index in [-0.39, 0.29) is 22.6 Å². The summed E-state index contributed by atoms with van der Waals surface area (Å²) < 4.78 is 18.5. The van der Waals surface area contributed by atoms with E-state index in [1.54, 1.807) is 0 Å². The molecule has 5 heteroatoms. The number of rotatable bonds is 1. The third-order valence-corrected chi connectivity index (χ3v) is 9.72. The van der Waals surface area contributed by atoms with E-state index in [1.165, 1.54) is 0 Å². The average molecular weight is 301 g/mol. The van der Waals surface area contributed by atoms with Crippen LogP contribution in [0.4, 0.5) is 0 Å². The van der Waals surface area contributed by atoms with Crippen molar-refractivity contribution in [2.75, 3.05) is 0 Å². The smallest absolute Gasteiger partial charge is 0.355 e. The van der Waals surface area contributed by atoms with Gasteiger partial charge in [-0.15, -0.1) is 0 Å². The normalized spacial score (nSPS) is 61.5. The van der Waals surface area contributed by atoms with Gasteiger partial charge in [0.05, 0.1) is 6.10 Å². The van der Waals surface area contributed by atoms with E-state index in [2.05, 4.69) is 29.7 Å². The van der Waals surface area contributed by atoms with Crippen LogP contribution in [0.5, 0.6) is 0 Å². The minimum absolute atomic E-state index is 0.0209. The first-order valence-corrected chi connectivity index (χ1v) is 10.3. The molecule has 0 aromatic carbocycles. The van der Waals surface area contributed by atoms with Crippen LogP contribution in [0.25, 0.3) is 0 Å². The Bertz CT molecular complexity index is 493. The zero-order valence-electron chi connectivity index (χ0n) is 11.8. The lowest BCUT2D eigenvalue weighted by molar-refractivity contribution is -0.168. The molecular weight excluding hydrogens is 278 g/mol. The van der Waals surface area contributed by atoms with E-state index in [1.807, 2.05) is 0 Å². The van der Waals surface area contributed by atoms with Crippen molar-refractivity contribution in [1.82, 2.24) is 0 Å². The second-order valence-electron chi connectivity index (χ2n) is 7.81. The Kier molecular flexibility index (Phi) is 2.26. The molecule has 19 heavy (non-hydrogen) atoms. The fraction of sp³-hybridized carbons (Fsp3) is 1.00. The Morgan fingerprint density at radius 2 is 1.95 bits per heavy atom. The van der Waals surface area contributed by atoms with Gasteiger partial charge in [0.1, 0.15) is 20.1 Å². The number of aliphatic hydroxyl groups is 1. The highest BCUT2D eigenvalue weighted by Crippen LogP contribution is 2.81.